The molecule has 84 valence electrons. The molecule has 5 heteroatoms. The number of halogens is 1. The Balaban J connectivity index is 2.04. The van der Waals surface area contributed by atoms with E-state index in [4.69, 9.17) is 16.3 Å². The summed E-state index contributed by atoms with van der Waals surface area (Å²) in [5.41, 5.74) is 0.964. The number of nitrogens with zero attached hydrogens (tertiary/aromatic N) is 1. The molecule has 2 aromatic rings. The molecule has 3 nitrogen and oxygen atoms in total. The van der Waals surface area contributed by atoms with E-state index in [1.54, 1.807) is 17.5 Å². The number of hydrogen-bond acceptors (Lipinski definition) is 4. The van der Waals surface area contributed by atoms with E-state index in [9.17, 15) is 0 Å². The summed E-state index contributed by atoms with van der Waals surface area (Å²) < 4.78 is 5.57. The van der Waals surface area contributed by atoms with Gasteiger partial charge in [-0.25, -0.2) is 4.98 Å². The SMILES string of the molecule is CNc1ccc(OCc2nccs2)c(Cl)c1. The summed E-state index contributed by atoms with van der Waals surface area (Å²) >= 11 is 7.63. The third kappa shape index (κ3) is 2.65. The Morgan fingerprint density at radius 1 is 1.50 bits per heavy atom. The van der Waals surface area contributed by atoms with Crippen LogP contribution in [0.4, 0.5) is 5.69 Å². The fraction of sp³-hybridized carbons (Fsp3) is 0.182. The molecule has 1 aromatic carbocycles. The molecular formula is C11H11ClN2OS. The van der Waals surface area contributed by atoms with Gasteiger partial charge >= 0.3 is 0 Å². The lowest BCUT2D eigenvalue weighted by Gasteiger charge is -2.07. The molecule has 0 unspecified atom stereocenters. The number of ether oxygens (including phenoxy) is 1. The number of nitrogens with one attached hydrogen (secondary N) is 1. The Labute approximate surface area is 103 Å². The maximum absolute atomic E-state index is 6.07. The highest BCUT2D eigenvalue weighted by atomic mass is 35.5. The van der Waals surface area contributed by atoms with Crippen molar-refractivity contribution in [3.8, 4) is 5.75 Å². The van der Waals surface area contributed by atoms with Crippen LogP contribution in [0.3, 0.4) is 0 Å². The minimum Gasteiger partial charge on any atom is -0.485 e. The molecule has 0 aliphatic heterocycles. The van der Waals surface area contributed by atoms with Gasteiger partial charge in [0.1, 0.15) is 17.4 Å². The zero-order chi connectivity index (χ0) is 11.4. The zero-order valence-electron chi connectivity index (χ0n) is 8.74. The minimum atomic E-state index is 0.455. The first-order valence-electron chi connectivity index (χ1n) is 4.78. The highest BCUT2D eigenvalue weighted by molar-refractivity contribution is 7.09. The molecule has 0 radical (unpaired) electrons. The summed E-state index contributed by atoms with van der Waals surface area (Å²) in [4.78, 5) is 4.13. The topological polar surface area (TPSA) is 34.1 Å². The number of hydrogen-bond donors (Lipinski definition) is 1. The second-order valence-electron chi connectivity index (χ2n) is 3.11. The molecule has 0 fully saturated rings. The van der Waals surface area contributed by atoms with Gasteiger partial charge in [-0.3, -0.25) is 0 Å². The van der Waals surface area contributed by atoms with E-state index in [2.05, 4.69) is 10.3 Å². The van der Waals surface area contributed by atoms with Crippen LogP contribution in [0.5, 0.6) is 5.75 Å². The maximum atomic E-state index is 6.07. The first-order chi connectivity index (χ1) is 7.79. The molecule has 0 bridgehead atoms. The van der Waals surface area contributed by atoms with Gasteiger partial charge in [-0.15, -0.1) is 11.3 Å². The van der Waals surface area contributed by atoms with Crippen molar-refractivity contribution >= 4 is 28.6 Å². The molecule has 0 spiro atoms. The molecule has 0 aliphatic carbocycles. The van der Waals surface area contributed by atoms with Gasteiger partial charge in [0.2, 0.25) is 0 Å². The maximum Gasteiger partial charge on any atom is 0.140 e. The average Bonchev–Trinajstić information content (AvgIpc) is 2.80. The van der Waals surface area contributed by atoms with Crippen molar-refractivity contribution in [3.05, 3.63) is 39.8 Å². The van der Waals surface area contributed by atoms with E-state index in [0.717, 1.165) is 10.7 Å². The summed E-state index contributed by atoms with van der Waals surface area (Å²) in [6.45, 7) is 0.455. The lowest BCUT2D eigenvalue weighted by atomic mass is 10.3. The Morgan fingerprint density at radius 3 is 3.00 bits per heavy atom. The number of benzene rings is 1. The van der Waals surface area contributed by atoms with Crippen LogP contribution in [0.25, 0.3) is 0 Å². The predicted octanol–water partition coefficient (Wildman–Crippen LogP) is 3.42. The Bertz CT molecular complexity index is 459. The van der Waals surface area contributed by atoms with Crippen LogP contribution in [0.1, 0.15) is 5.01 Å². The number of aromatic nitrogens is 1. The quantitative estimate of drug-likeness (QED) is 0.908. The Morgan fingerprint density at radius 2 is 2.38 bits per heavy atom. The van der Waals surface area contributed by atoms with Crippen molar-refractivity contribution in [3.63, 3.8) is 0 Å². The summed E-state index contributed by atoms with van der Waals surface area (Å²) in [5.74, 6) is 0.677. The van der Waals surface area contributed by atoms with E-state index in [0.29, 0.717) is 17.4 Å². The van der Waals surface area contributed by atoms with Gasteiger partial charge in [0.15, 0.2) is 0 Å². The molecule has 0 aliphatic rings. The lowest BCUT2D eigenvalue weighted by molar-refractivity contribution is 0.306. The molecular weight excluding hydrogens is 244 g/mol. The third-order valence-electron chi connectivity index (χ3n) is 2.06. The summed E-state index contributed by atoms with van der Waals surface area (Å²) in [6, 6.07) is 5.60. The summed E-state index contributed by atoms with van der Waals surface area (Å²) in [7, 11) is 1.85. The molecule has 0 amide bonds. The van der Waals surface area contributed by atoms with Crippen molar-refractivity contribution < 1.29 is 4.74 Å². The average molecular weight is 255 g/mol. The molecule has 0 atom stereocenters. The third-order valence-corrected chi connectivity index (χ3v) is 3.10. The first kappa shape index (κ1) is 11.2. The zero-order valence-corrected chi connectivity index (χ0v) is 10.3. The summed E-state index contributed by atoms with van der Waals surface area (Å²) in [6.07, 6.45) is 1.76. The molecule has 1 heterocycles. The van der Waals surface area contributed by atoms with Gasteiger partial charge in [-0.1, -0.05) is 11.6 Å². The minimum absolute atomic E-state index is 0.455. The molecule has 0 saturated carbocycles. The Kier molecular flexibility index (Phi) is 3.64. The van der Waals surface area contributed by atoms with Gasteiger partial charge < -0.3 is 10.1 Å². The predicted molar refractivity (Wildman–Crippen MR) is 67.4 cm³/mol. The van der Waals surface area contributed by atoms with E-state index in [1.165, 1.54) is 0 Å². The van der Waals surface area contributed by atoms with Gasteiger partial charge in [0.25, 0.3) is 0 Å². The molecule has 16 heavy (non-hydrogen) atoms. The smallest absolute Gasteiger partial charge is 0.140 e. The lowest BCUT2D eigenvalue weighted by Crippen LogP contribution is -1.96. The van der Waals surface area contributed by atoms with Gasteiger partial charge in [-0.05, 0) is 18.2 Å². The molecule has 0 saturated heterocycles. The molecule has 1 aromatic heterocycles. The van der Waals surface area contributed by atoms with Gasteiger partial charge in [0, 0.05) is 24.3 Å². The van der Waals surface area contributed by atoms with Crippen LogP contribution >= 0.6 is 22.9 Å². The fourth-order valence-electron chi connectivity index (χ4n) is 1.24. The van der Waals surface area contributed by atoms with Crippen molar-refractivity contribution in [2.45, 2.75) is 6.61 Å². The van der Waals surface area contributed by atoms with E-state index in [1.807, 2.05) is 30.6 Å². The largest absolute Gasteiger partial charge is 0.485 e. The van der Waals surface area contributed by atoms with E-state index < -0.39 is 0 Å². The second-order valence-corrected chi connectivity index (χ2v) is 4.50. The van der Waals surface area contributed by atoms with Crippen molar-refractivity contribution in [2.24, 2.45) is 0 Å². The Hall–Kier alpha value is -1.26. The van der Waals surface area contributed by atoms with Crippen LogP contribution in [0.15, 0.2) is 29.8 Å². The second kappa shape index (κ2) is 5.18. The highest BCUT2D eigenvalue weighted by Crippen LogP contribution is 2.28. The van der Waals surface area contributed by atoms with Crippen LogP contribution < -0.4 is 10.1 Å². The monoisotopic (exact) mass is 254 g/mol. The van der Waals surface area contributed by atoms with Crippen LogP contribution in [0, 0.1) is 0 Å². The van der Waals surface area contributed by atoms with Crippen LogP contribution in [0.2, 0.25) is 5.02 Å². The fourth-order valence-corrected chi connectivity index (χ4v) is 2.00. The van der Waals surface area contributed by atoms with Gasteiger partial charge in [0.05, 0.1) is 5.02 Å². The molecule has 2 rings (SSSR count). The van der Waals surface area contributed by atoms with Crippen molar-refractivity contribution in [1.82, 2.24) is 4.98 Å². The van der Waals surface area contributed by atoms with Crippen molar-refractivity contribution in [2.75, 3.05) is 12.4 Å². The standard InChI is InChI=1S/C11H11ClN2OS/c1-13-8-2-3-10(9(12)6-8)15-7-11-14-4-5-16-11/h2-6,13H,7H2,1H3. The highest BCUT2D eigenvalue weighted by Gasteiger charge is 2.03. The van der Waals surface area contributed by atoms with Crippen LogP contribution in [-0.2, 0) is 6.61 Å². The van der Waals surface area contributed by atoms with E-state index >= 15 is 0 Å². The number of rotatable bonds is 4. The van der Waals surface area contributed by atoms with Crippen molar-refractivity contribution in [1.29, 1.82) is 0 Å². The van der Waals surface area contributed by atoms with Crippen LogP contribution in [-0.4, -0.2) is 12.0 Å². The van der Waals surface area contributed by atoms with Gasteiger partial charge in [-0.2, -0.15) is 0 Å². The molecule has 1 N–H and O–H groups in total. The normalized spacial score (nSPS) is 10.1. The summed E-state index contributed by atoms with van der Waals surface area (Å²) in [5, 5.41) is 6.47. The number of thiazole rings is 1. The first-order valence-corrected chi connectivity index (χ1v) is 6.04. The van der Waals surface area contributed by atoms with E-state index in [-0.39, 0.29) is 0 Å². The number of anilines is 1.